The number of methoxy groups -OCH3 is 1. The van der Waals surface area contributed by atoms with Gasteiger partial charge < -0.3 is 8.92 Å². The summed E-state index contributed by atoms with van der Waals surface area (Å²) in [6.45, 7) is 5.54. The molecule has 0 aliphatic rings. The molecule has 24 heavy (non-hydrogen) atoms. The first-order valence-electron chi connectivity index (χ1n) is 7.48. The van der Waals surface area contributed by atoms with Crippen molar-refractivity contribution in [3.63, 3.8) is 0 Å². The Balaban J connectivity index is 2.40. The molecule has 6 heteroatoms. The van der Waals surface area contributed by atoms with Gasteiger partial charge in [-0.15, -0.1) is 0 Å². The SMILES string of the molecule is COC(=O)c1ccc(S(=O)(=O)Oc2ccccc2C(C)C)c(C)c1. The quantitative estimate of drug-likeness (QED) is 0.609. The summed E-state index contributed by atoms with van der Waals surface area (Å²) < 4.78 is 35.2. The third-order valence-electron chi connectivity index (χ3n) is 3.61. The van der Waals surface area contributed by atoms with Crippen molar-refractivity contribution >= 4 is 16.1 Å². The Kier molecular flexibility index (Phi) is 5.29. The number of rotatable bonds is 5. The molecule has 0 radical (unpaired) electrons. The van der Waals surface area contributed by atoms with Crippen LogP contribution in [0.1, 0.15) is 41.3 Å². The average Bonchev–Trinajstić information content (AvgIpc) is 2.53. The number of esters is 1. The Morgan fingerprint density at radius 2 is 1.75 bits per heavy atom. The highest BCUT2D eigenvalue weighted by molar-refractivity contribution is 7.87. The van der Waals surface area contributed by atoms with E-state index in [4.69, 9.17) is 4.18 Å². The minimum atomic E-state index is -4.00. The van der Waals surface area contributed by atoms with Crippen LogP contribution in [0.4, 0.5) is 0 Å². The third-order valence-corrected chi connectivity index (χ3v) is 5.00. The summed E-state index contributed by atoms with van der Waals surface area (Å²) in [4.78, 5) is 11.6. The summed E-state index contributed by atoms with van der Waals surface area (Å²) in [6, 6.07) is 11.3. The number of aryl methyl sites for hydroxylation is 1. The van der Waals surface area contributed by atoms with Gasteiger partial charge in [0.1, 0.15) is 10.6 Å². The molecule has 0 amide bonds. The van der Waals surface area contributed by atoms with Gasteiger partial charge in [0.15, 0.2) is 0 Å². The average molecular weight is 348 g/mol. The van der Waals surface area contributed by atoms with Gasteiger partial charge in [0, 0.05) is 0 Å². The van der Waals surface area contributed by atoms with Crippen molar-refractivity contribution in [2.24, 2.45) is 0 Å². The van der Waals surface area contributed by atoms with Crippen LogP contribution in [-0.4, -0.2) is 21.5 Å². The molecule has 0 aliphatic heterocycles. The van der Waals surface area contributed by atoms with E-state index in [1.807, 2.05) is 26.0 Å². The molecule has 0 heterocycles. The summed E-state index contributed by atoms with van der Waals surface area (Å²) >= 11 is 0. The van der Waals surface area contributed by atoms with Gasteiger partial charge >= 0.3 is 16.1 Å². The fourth-order valence-corrected chi connectivity index (χ4v) is 3.54. The second-order valence-corrected chi connectivity index (χ2v) is 7.22. The number of carbonyl (C=O) groups is 1. The summed E-state index contributed by atoms with van der Waals surface area (Å²) in [5.41, 5.74) is 1.52. The monoisotopic (exact) mass is 348 g/mol. The van der Waals surface area contributed by atoms with E-state index in [0.717, 1.165) is 5.56 Å². The summed E-state index contributed by atoms with van der Waals surface area (Å²) in [5, 5.41) is 0. The van der Waals surface area contributed by atoms with Crippen molar-refractivity contribution in [1.29, 1.82) is 0 Å². The van der Waals surface area contributed by atoms with Crippen LogP contribution in [-0.2, 0) is 14.9 Å². The first kappa shape index (κ1) is 18.0. The third kappa shape index (κ3) is 3.76. The molecule has 0 bridgehead atoms. The van der Waals surface area contributed by atoms with E-state index in [1.165, 1.54) is 25.3 Å². The summed E-state index contributed by atoms with van der Waals surface area (Å²) in [5.74, 6) is -0.0868. The Hall–Kier alpha value is -2.34. The fraction of sp³-hybridized carbons (Fsp3) is 0.278. The van der Waals surface area contributed by atoms with Crippen LogP contribution in [0.3, 0.4) is 0 Å². The molecule has 2 rings (SSSR count). The molecule has 2 aromatic rings. The van der Waals surface area contributed by atoms with Crippen LogP contribution in [0.25, 0.3) is 0 Å². The van der Waals surface area contributed by atoms with E-state index >= 15 is 0 Å². The van der Waals surface area contributed by atoms with Crippen LogP contribution < -0.4 is 4.18 Å². The number of hydrogen-bond acceptors (Lipinski definition) is 5. The highest BCUT2D eigenvalue weighted by atomic mass is 32.2. The molecule has 0 atom stereocenters. The van der Waals surface area contributed by atoms with Crippen molar-refractivity contribution in [3.8, 4) is 5.75 Å². The summed E-state index contributed by atoms with van der Waals surface area (Å²) in [7, 11) is -2.73. The van der Waals surface area contributed by atoms with Crippen molar-refractivity contribution in [2.75, 3.05) is 7.11 Å². The molecule has 128 valence electrons. The smallest absolute Gasteiger partial charge is 0.339 e. The summed E-state index contributed by atoms with van der Waals surface area (Å²) in [6.07, 6.45) is 0. The Morgan fingerprint density at radius 3 is 2.33 bits per heavy atom. The van der Waals surface area contributed by atoms with Crippen LogP contribution in [0.5, 0.6) is 5.75 Å². The number of benzene rings is 2. The molecule has 0 spiro atoms. The van der Waals surface area contributed by atoms with E-state index < -0.39 is 16.1 Å². The van der Waals surface area contributed by atoms with E-state index in [1.54, 1.807) is 19.1 Å². The van der Waals surface area contributed by atoms with Gasteiger partial charge in [0.25, 0.3) is 0 Å². The topological polar surface area (TPSA) is 69.7 Å². The molecular weight excluding hydrogens is 328 g/mol. The van der Waals surface area contributed by atoms with E-state index in [2.05, 4.69) is 4.74 Å². The lowest BCUT2D eigenvalue weighted by Gasteiger charge is -2.14. The van der Waals surface area contributed by atoms with Gasteiger partial charge in [-0.2, -0.15) is 8.42 Å². The molecule has 5 nitrogen and oxygen atoms in total. The molecule has 0 fully saturated rings. The standard InChI is InChI=1S/C18H20O5S/c1-12(2)15-7-5-6-8-16(15)23-24(20,21)17-10-9-14(11-13(17)3)18(19)22-4/h5-12H,1-4H3. The van der Waals surface area contributed by atoms with Crippen molar-refractivity contribution < 1.29 is 22.1 Å². The molecule has 0 aromatic heterocycles. The zero-order valence-electron chi connectivity index (χ0n) is 14.1. The Labute approximate surface area is 142 Å². The fourth-order valence-electron chi connectivity index (χ4n) is 2.37. The highest BCUT2D eigenvalue weighted by Gasteiger charge is 2.22. The second-order valence-electron chi connectivity index (χ2n) is 5.70. The van der Waals surface area contributed by atoms with Crippen LogP contribution >= 0.6 is 0 Å². The maximum absolute atomic E-state index is 12.6. The first-order chi connectivity index (χ1) is 11.3. The predicted octanol–water partition coefficient (Wildman–Crippen LogP) is 3.67. The van der Waals surface area contributed by atoms with Gasteiger partial charge in [-0.1, -0.05) is 32.0 Å². The highest BCUT2D eigenvalue weighted by Crippen LogP contribution is 2.29. The lowest BCUT2D eigenvalue weighted by Crippen LogP contribution is -2.13. The molecule has 0 N–H and O–H groups in total. The van der Waals surface area contributed by atoms with Gasteiger partial charge in [-0.25, -0.2) is 4.79 Å². The lowest BCUT2D eigenvalue weighted by atomic mass is 10.0. The minimum absolute atomic E-state index is 0.0220. The maximum Gasteiger partial charge on any atom is 0.339 e. The molecule has 0 aliphatic carbocycles. The maximum atomic E-state index is 12.6. The van der Waals surface area contributed by atoms with Crippen molar-refractivity contribution in [2.45, 2.75) is 31.6 Å². The first-order valence-corrected chi connectivity index (χ1v) is 8.89. The largest absolute Gasteiger partial charge is 0.465 e. The molecule has 0 saturated carbocycles. The number of hydrogen-bond donors (Lipinski definition) is 0. The Bertz CT molecular complexity index is 853. The molecule has 0 unspecified atom stereocenters. The van der Waals surface area contributed by atoms with Crippen LogP contribution in [0.15, 0.2) is 47.4 Å². The number of para-hydroxylation sites is 1. The zero-order chi connectivity index (χ0) is 17.9. The van der Waals surface area contributed by atoms with E-state index in [9.17, 15) is 13.2 Å². The Morgan fingerprint density at radius 1 is 1.08 bits per heavy atom. The van der Waals surface area contributed by atoms with Crippen molar-refractivity contribution in [1.82, 2.24) is 0 Å². The molecule has 2 aromatic carbocycles. The number of carbonyl (C=O) groups excluding carboxylic acids is 1. The van der Waals surface area contributed by atoms with Crippen LogP contribution in [0.2, 0.25) is 0 Å². The van der Waals surface area contributed by atoms with Gasteiger partial charge in [0.05, 0.1) is 12.7 Å². The van der Waals surface area contributed by atoms with E-state index in [-0.39, 0.29) is 16.4 Å². The van der Waals surface area contributed by atoms with Gasteiger partial charge in [-0.05, 0) is 48.2 Å². The predicted molar refractivity (Wildman–Crippen MR) is 90.9 cm³/mol. The van der Waals surface area contributed by atoms with Crippen LogP contribution in [0, 0.1) is 6.92 Å². The number of ether oxygens (including phenoxy) is 1. The second kappa shape index (κ2) is 7.05. The minimum Gasteiger partial charge on any atom is -0.465 e. The lowest BCUT2D eigenvalue weighted by molar-refractivity contribution is 0.0600. The molecular formula is C18H20O5S. The van der Waals surface area contributed by atoms with Gasteiger partial charge in [-0.3, -0.25) is 0 Å². The zero-order valence-corrected chi connectivity index (χ0v) is 14.9. The van der Waals surface area contributed by atoms with E-state index in [0.29, 0.717) is 11.3 Å². The normalized spacial score (nSPS) is 11.4. The van der Waals surface area contributed by atoms with Crippen molar-refractivity contribution in [3.05, 3.63) is 59.2 Å². The molecule has 0 saturated heterocycles. The van der Waals surface area contributed by atoms with Gasteiger partial charge in [0.2, 0.25) is 0 Å².